The molecular weight excluding hydrogens is 215 g/mol. The van der Waals surface area contributed by atoms with Crippen molar-refractivity contribution in [3.05, 3.63) is 23.5 Å². The number of halogens is 1. The van der Waals surface area contributed by atoms with E-state index in [9.17, 15) is 14.3 Å². The van der Waals surface area contributed by atoms with Crippen LogP contribution in [0.25, 0.3) is 0 Å². The Morgan fingerprint density at radius 2 is 2.12 bits per heavy atom. The summed E-state index contributed by atoms with van der Waals surface area (Å²) in [6.45, 7) is 0. The molecule has 0 unspecified atom stereocenters. The quantitative estimate of drug-likeness (QED) is 0.822. The molecule has 1 aliphatic rings. The van der Waals surface area contributed by atoms with Crippen molar-refractivity contribution in [1.29, 1.82) is 0 Å². The first-order chi connectivity index (χ1) is 7.53. The van der Waals surface area contributed by atoms with Crippen LogP contribution in [0.4, 0.5) is 4.39 Å². The highest BCUT2D eigenvalue weighted by molar-refractivity contribution is 5.86. The number of carboxylic acids is 1. The van der Waals surface area contributed by atoms with E-state index in [-0.39, 0.29) is 11.3 Å². The zero-order valence-corrected chi connectivity index (χ0v) is 8.66. The van der Waals surface area contributed by atoms with Crippen molar-refractivity contribution in [3.8, 4) is 11.5 Å². The van der Waals surface area contributed by atoms with Crippen LogP contribution in [0.5, 0.6) is 11.5 Å². The van der Waals surface area contributed by atoms with Crippen molar-refractivity contribution in [2.24, 2.45) is 0 Å². The third-order valence-electron chi connectivity index (χ3n) is 2.95. The molecule has 5 heteroatoms. The summed E-state index contributed by atoms with van der Waals surface area (Å²) < 4.78 is 18.4. The maximum Gasteiger partial charge on any atom is 0.314 e. The number of phenolic OH excluding ortho intramolecular Hbond substituents is 1. The van der Waals surface area contributed by atoms with Crippen LogP contribution in [0.15, 0.2) is 12.1 Å². The van der Waals surface area contributed by atoms with Gasteiger partial charge < -0.3 is 14.9 Å². The fourth-order valence-electron chi connectivity index (χ4n) is 1.86. The molecular formula is C11H11FO4. The van der Waals surface area contributed by atoms with Gasteiger partial charge in [0, 0.05) is 0 Å². The summed E-state index contributed by atoms with van der Waals surface area (Å²) in [7, 11) is 1.33. The first kappa shape index (κ1) is 10.7. The lowest BCUT2D eigenvalue weighted by molar-refractivity contribution is -0.140. The Bertz CT molecular complexity index is 452. The zero-order valence-electron chi connectivity index (χ0n) is 8.66. The molecule has 1 aliphatic carbocycles. The third kappa shape index (κ3) is 1.31. The number of methoxy groups -OCH3 is 1. The van der Waals surface area contributed by atoms with Gasteiger partial charge in [-0.15, -0.1) is 0 Å². The van der Waals surface area contributed by atoms with E-state index in [1.54, 1.807) is 0 Å². The number of aliphatic carboxylic acids is 1. The van der Waals surface area contributed by atoms with Gasteiger partial charge in [0.1, 0.15) is 5.82 Å². The third-order valence-corrected chi connectivity index (χ3v) is 2.95. The standard InChI is InChI=1S/C11H11FO4/c1-16-7-3-2-6(12)8(9(7)13)11(4-5-11)10(14)15/h2-3,13H,4-5H2,1H3,(H,14,15). The van der Waals surface area contributed by atoms with Gasteiger partial charge in [-0.2, -0.15) is 0 Å². The van der Waals surface area contributed by atoms with Crippen molar-refractivity contribution < 1.29 is 24.1 Å². The molecule has 1 saturated carbocycles. The number of benzene rings is 1. The Kier molecular flexibility index (Phi) is 2.26. The molecule has 1 aromatic carbocycles. The predicted octanol–water partition coefficient (Wildman–Crippen LogP) is 1.66. The second-order valence-electron chi connectivity index (χ2n) is 3.86. The number of ether oxygens (including phenoxy) is 1. The normalized spacial score (nSPS) is 16.9. The molecule has 0 bridgehead atoms. The monoisotopic (exact) mass is 226 g/mol. The van der Waals surface area contributed by atoms with Crippen LogP contribution in [0.1, 0.15) is 18.4 Å². The lowest BCUT2D eigenvalue weighted by atomic mass is 9.94. The Balaban J connectivity index is 2.60. The van der Waals surface area contributed by atoms with Crippen molar-refractivity contribution in [2.45, 2.75) is 18.3 Å². The van der Waals surface area contributed by atoms with E-state index >= 15 is 0 Å². The highest BCUT2D eigenvalue weighted by atomic mass is 19.1. The number of aromatic hydroxyl groups is 1. The van der Waals surface area contributed by atoms with Gasteiger partial charge >= 0.3 is 5.97 Å². The Hall–Kier alpha value is -1.78. The van der Waals surface area contributed by atoms with E-state index in [0.29, 0.717) is 12.8 Å². The number of phenols is 1. The second kappa shape index (κ2) is 3.37. The molecule has 0 heterocycles. The summed E-state index contributed by atoms with van der Waals surface area (Å²) in [6.07, 6.45) is 0.667. The van der Waals surface area contributed by atoms with E-state index in [4.69, 9.17) is 9.84 Å². The predicted molar refractivity (Wildman–Crippen MR) is 53.2 cm³/mol. The highest BCUT2D eigenvalue weighted by Crippen LogP contribution is 2.54. The second-order valence-corrected chi connectivity index (χ2v) is 3.86. The molecule has 0 atom stereocenters. The molecule has 0 amide bonds. The lowest BCUT2D eigenvalue weighted by Gasteiger charge is -2.15. The van der Waals surface area contributed by atoms with Crippen molar-refractivity contribution in [3.63, 3.8) is 0 Å². The van der Waals surface area contributed by atoms with Crippen molar-refractivity contribution in [1.82, 2.24) is 0 Å². The van der Waals surface area contributed by atoms with E-state index < -0.39 is 23.0 Å². The summed E-state index contributed by atoms with van der Waals surface area (Å²) in [6, 6.07) is 2.38. The Morgan fingerprint density at radius 3 is 2.56 bits per heavy atom. The van der Waals surface area contributed by atoms with Crippen LogP contribution in [0.3, 0.4) is 0 Å². The molecule has 0 saturated heterocycles. The molecule has 1 fully saturated rings. The number of hydrogen-bond acceptors (Lipinski definition) is 3. The molecule has 1 aromatic rings. The van der Waals surface area contributed by atoms with Gasteiger partial charge in [-0.05, 0) is 25.0 Å². The van der Waals surface area contributed by atoms with E-state index in [2.05, 4.69) is 0 Å². The van der Waals surface area contributed by atoms with E-state index in [1.807, 2.05) is 0 Å². The molecule has 0 spiro atoms. The van der Waals surface area contributed by atoms with Gasteiger partial charge in [0.25, 0.3) is 0 Å². The smallest absolute Gasteiger partial charge is 0.314 e. The van der Waals surface area contributed by atoms with E-state index in [0.717, 1.165) is 6.07 Å². The minimum absolute atomic E-state index is 0.0870. The van der Waals surface area contributed by atoms with Crippen molar-refractivity contribution in [2.75, 3.05) is 7.11 Å². The zero-order chi connectivity index (χ0) is 11.9. The first-order valence-corrected chi connectivity index (χ1v) is 4.82. The van der Waals surface area contributed by atoms with Gasteiger partial charge in [-0.3, -0.25) is 4.79 Å². The number of carboxylic acid groups (broad SMARTS) is 1. The molecule has 0 radical (unpaired) electrons. The van der Waals surface area contributed by atoms with Crippen LogP contribution in [0.2, 0.25) is 0 Å². The minimum Gasteiger partial charge on any atom is -0.504 e. The van der Waals surface area contributed by atoms with Crippen molar-refractivity contribution >= 4 is 5.97 Å². The van der Waals surface area contributed by atoms with Gasteiger partial charge in [0.2, 0.25) is 0 Å². The number of hydrogen-bond donors (Lipinski definition) is 2. The van der Waals surface area contributed by atoms with Crippen LogP contribution in [0, 0.1) is 5.82 Å². The summed E-state index contributed by atoms with van der Waals surface area (Å²) >= 11 is 0. The Labute approximate surface area is 91.3 Å². The maximum absolute atomic E-state index is 13.6. The topological polar surface area (TPSA) is 66.8 Å². The minimum atomic E-state index is -1.28. The van der Waals surface area contributed by atoms with Crippen LogP contribution in [-0.2, 0) is 10.2 Å². The Morgan fingerprint density at radius 1 is 1.50 bits per heavy atom. The largest absolute Gasteiger partial charge is 0.504 e. The molecule has 0 aromatic heterocycles. The average molecular weight is 226 g/mol. The van der Waals surface area contributed by atoms with Crippen LogP contribution in [-0.4, -0.2) is 23.3 Å². The molecule has 4 nitrogen and oxygen atoms in total. The summed E-state index contributed by atoms with van der Waals surface area (Å²) in [5, 5.41) is 18.8. The number of rotatable bonds is 3. The SMILES string of the molecule is COc1ccc(F)c(C2(C(=O)O)CC2)c1O. The van der Waals surface area contributed by atoms with Crippen LogP contribution < -0.4 is 4.74 Å². The summed E-state index contributed by atoms with van der Waals surface area (Å²) in [5.74, 6) is -2.15. The maximum atomic E-state index is 13.6. The van der Waals surface area contributed by atoms with Gasteiger partial charge in [0.15, 0.2) is 11.5 Å². The van der Waals surface area contributed by atoms with E-state index in [1.165, 1.54) is 13.2 Å². The molecule has 2 rings (SSSR count). The molecule has 2 N–H and O–H groups in total. The molecule has 86 valence electrons. The van der Waals surface area contributed by atoms with Gasteiger partial charge in [-0.1, -0.05) is 0 Å². The lowest BCUT2D eigenvalue weighted by Crippen LogP contribution is -2.21. The molecule has 0 aliphatic heterocycles. The summed E-state index contributed by atoms with van der Waals surface area (Å²) in [5.41, 5.74) is -1.44. The van der Waals surface area contributed by atoms with Gasteiger partial charge in [-0.25, -0.2) is 4.39 Å². The number of carbonyl (C=O) groups is 1. The fourth-order valence-corrected chi connectivity index (χ4v) is 1.86. The molecule has 16 heavy (non-hydrogen) atoms. The highest BCUT2D eigenvalue weighted by Gasteiger charge is 2.55. The first-order valence-electron chi connectivity index (χ1n) is 4.82. The van der Waals surface area contributed by atoms with Gasteiger partial charge in [0.05, 0.1) is 18.1 Å². The summed E-state index contributed by atoms with van der Waals surface area (Å²) in [4.78, 5) is 11.1. The average Bonchev–Trinajstić information content (AvgIpc) is 2.99. The van der Waals surface area contributed by atoms with Crippen LogP contribution >= 0.6 is 0 Å². The fraction of sp³-hybridized carbons (Fsp3) is 0.364.